The van der Waals surface area contributed by atoms with Crippen LogP contribution in [0.1, 0.15) is 11.1 Å². The van der Waals surface area contributed by atoms with Gasteiger partial charge < -0.3 is 16.4 Å². The molecule has 2 aromatic carbocycles. The summed E-state index contributed by atoms with van der Waals surface area (Å²) in [5.74, 6) is -1.33. The molecule has 0 unspecified atom stereocenters. The Morgan fingerprint density at radius 3 is 2.29 bits per heavy atom. The summed E-state index contributed by atoms with van der Waals surface area (Å²) < 4.78 is 0. The predicted octanol–water partition coefficient (Wildman–Crippen LogP) is 1.86. The monoisotopic (exact) mass is 341 g/mol. The molecule has 0 radical (unpaired) electrons. The van der Waals surface area contributed by atoms with Gasteiger partial charge in [0.1, 0.15) is 11.4 Å². The van der Waals surface area contributed by atoms with Crippen molar-refractivity contribution in [1.29, 1.82) is 0 Å². The number of carbonyl (C=O) groups is 2. The van der Waals surface area contributed by atoms with Gasteiger partial charge in [-0.1, -0.05) is 35.9 Å². The molecule has 3 rings (SSSR count). The summed E-state index contributed by atoms with van der Waals surface area (Å²) in [6.07, 6.45) is 0.349. The molecule has 1 fully saturated rings. The second-order valence-corrected chi connectivity index (χ2v) is 6.48. The van der Waals surface area contributed by atoms with E-state index in [1.165, 1.54) is 0 Å². The van der Waals surface area contributed by atoms with E-state index >= 15 is 0 Å². The van der Waals surface area contributed by atoms with E-state index in [9.17, 15) is 9.59 Å². The standard InChI is InChI=1S/C18H19N3O2S/c1-10-2-7-15(19)13(8-10)12-5-3-11(4-6-12)9-14-16(22)20-18(24)21-17(14)23/h2-8,14,18,24H,9,19H2,1H3,(H,20,22)(H,21,23). The minimum atomic E-state index is -0.733. The van der Waals surface area contributed by atoms with Crippen LogP contribution < -0.4 is 16.4 Å². The third kappa shape index (κ3) is 3.38. The van der Waals surface area contributed by atoms with Gasteiger partial charge in [-0.2, -0.15) is 0 Å². The van der Waals surface area contributed by atoms with E-state index in [1.54, 1.807) is 0 Å². The summed E-state index contributed by atoms with van der Waals surface area (Å²) in [4.78, 5) is 23.9. The number of nitrogen functional groups attached to an aromatic ring is 1. The smallest absolute Gasteiger partial charge is 0.235 e. The molecule has 124 valence electrons. The van der Waals surface area contributed by atoms with Crippen LogP contribution in [0.5, 0.6) is 0 Å². The summed E-state index contributed by atoms with van der Waals surface area (Å²) in [5.41, 5.74) is 10.2. The fourth-order valence-electron chi connectivity index (χ4n) is 2.79. The molecule has 0 spiro atoms. The van der Waals surface area contributed by atoms with Crippen LogP contribution >= 0.6 is 12.6 Å². The van der Waals surface area contributed by atoms with Crippen LogP contribution in [-0.4, -0.2) is 17.3 Å². The molecule has 0 bridgehead atoms. The van der Waals surface area contributed by atoms with Gasteiger partial charge in [0.25, 0.3) is 0 Å². The fourth-order valence-corrected chi connectivity index (χ4v) is 3.04. The summed E-state index contributed by atoms with van der Waals surface area (Å²) in [6.45, 7) is 2.02. The van der Waals surface area contributed by atoms with Gasteiger partial charge >= 0.3 is 0 Å². The van der Waals surface area contributed by atoms with Crippen LogP contribution in [0.25, 0.3) is 11.1 Å². The van der Waals surface area contributed by atoms with Crippen LogP contribution in [0, 0.1) is 12.8 Å². The van der Waals surface area contributed by atoms with Crippen molar-refractivity contribution in [2.75, 3.05) is 5.73 Å². The van der Waals surface area contributed by atoms with Crippen molar-refractivity contribution in [3.05, 3.63) is 53.6 Å². The number of rotatable bonds is 3. The van der Waals surface area contributed by atoms with Gasteiger partial charge in [0.2, 0.25) is 11.8 Å². The van der Waals surface area contributed by atoms with Crippen molar-refractivity contribution in [3.63, 3.8) is 0 Å². The first-order chi connectivity index (χ1) is 11.4. The SMILES string of the molecule is Cc1ccc(N)c(-c2ccc(CC3C(=O)NC(S)NC3=O)cc2)c1. The van der Waals surface area contributed by atoms with Crippen molar-refractivity contribution in [1.82, 2.24) is 10.6 Å². The summed E-state index contributed by atoms with van der Waals surface area (Å²) in [7, 11) is 0. The first-order valence-corrected chi connectivity index (χ1v) is 8.20. The molecule has 24 heavy (non-hydrogen) atoms. The normalized spacial score (nSPS) is 20.4. The lowest BCUT2D eigenvalue weighted by atomic mass is 9.94. The zero-order valence-corrected chi connectivity index (χ0v) is 14.1. The molecule has 1 heterocycles. The van der Waals surface area contributed by atoms with Gasteiger partial charge in [-0.25, -0.2) is 0 Å². The summed E-state index contributed by atoms with van der Waals surface area (Å²) in [6, 6.07) is 13.7. The highest BCUT2D eigenvalue weighted by Gasteiger charge is 2.33. The summed E-state index contributed by atoms with van der Waals surface area (Å²) in [5, 5.41) is 5.22. The highest BCUT2D eigenvalue weighted by Crippen LogP contribution is 2.27. The Morgan fingerprint density at radius 2 is 1.67 bits per heavy atom. The Morgan fingerprint density at radius 1 is 1.04 bits per heavy atom. The van der Waals surface area contributed by atoms with Gasteiger partial charge in [-0.15, -0.1) is 12.6 Å². The molecule has 2 amide bonds. The molecule has 4 N–H and O–H groups in total. The minimum Gasteiger partial charge on any atom is -0.398 e. The Labute approximate surface area is 146 Å². The maximum absolute atomic E-state index is 12.0. The van der Waals surface area contributed by atoms with Crippen LogP contribution in [0.3, 0.4) is 0 Å². The Balaban J connectivity index is 1.79. The molecule has 5 nitrogen and oxygen atoms in total. The maximum Gasteiger partial charge on any atom is 0.235 e. The number of aryl methyl sites for hydroxylation is 1. The molecule has 0 atom stereocenters. The van der Waals surface area contributed by atoms with Crippen molar-refractivity contribution in [2.45, 2.75) is 18.8 Å². The zero-order valence-electron chi connectivity index (χ0n) is 13.2. The average Bonchev–Trinajstić information content (AvgIpc) is 2.54. The lowest BCUT2D eigenvalue weighted by Gasteiger charge is -2.26. The van der Waals surface area contributed by atoms with Gasteiger partial charge in [-0.3, -0.25) is 9.59 Å². The molecular weight excluding hydrogens is 322 g/mol. The van der Waals surface area contributed by atoms with Crippen LogP contribution in [0.2, 0.25) is 0 Å². The first kappa shape index (κ1) is 16.4. The second-order valence-electron chi connectivity index (χ2n) is 5.96. The third-order valence-corrected chi connectivity index (χ3v) is 4.36. The van der Waals surface area contributed by atoms with Crippen LogP contribution in [0.15, 0.2) is 42.5 Å². The third-order valence-electron chi connectivity index (χ3n) is 4.10. The molecule has 2 aromatic rings. The zero-order chi connectivity index (χ0) is 17.3. The fraction of sp³-hybridized carbons (Fsp3) is 0.222. The number of nitrogens with two attached hydrogens (primary N) is 1. The van der Waals surface area contributed by atoms with E-state index in [0.29, 0.717) is 6.42 Å². The first-order valence-electron chi connectivity index (χ1n) is 7.68. The van der Waals surface area contributed by atoms with E-state index < -0.39 is 11.4 Å². The molecular formula is C18H19N3O2S. The lowest BCUT2D eigenvalue weighted by Crippen LogP contribution is -2.57. The molecule has 1 aliphatic heterocycles. The number of thiol groups is 1. The lowest BCUT2D eigenvalue weighted by molar-refractivity contribution is -0.138. The van der Waals surface area contributed by atoms with E-state index in [1.807, 2.05) is 49.4 Å². The van der Waals surface area contributed by atoms with Crippen molar-refractivity contribution < 1.29 is 9.59 Å². The number of carbonyl (C=O) groups excluding carboxylic acids is 2. The highest BCUT2D eigenvalue weighted by molar-refractivity contribution is 7.80. The average molecular weight is 341 g/mol. The van der Waals surface area contributed by atoms with Gasteiger partial charge in [0.05, 0.1) is 0 Å². The highest BCUT2D eigenvalue weighted by atomic mass is 32.1. The van der Waals surface area contributed by atoms with E-state index in [-0.39, 0.29) is 11.8 Å². The number of amides is 2. The molecule has 6 heteroatoms. The van der Waals surface area contributed by atoms with Gasteiger partial charge in [0.15, 0.2) is 0 Å². The van der Waals surface area contributed by atoms with Gasteiger partial charge in [0, 0.05) is 11.3 Å². The van der Waals surface area contributed by atoms with Crippen molar-refractivity contribution in [3.8, 4) is 11.1 Å². The molecule has 1 aliphatic rings. The summed E-state index contributed by atoms with van der Waals surface area (Å²) >= 11 is 4.04. The molecule has 0 aliphatic carbocycles. The molecule has 0 saturated carbocycles. The van der Waals surface area contributed by atoms with E-state index in [0.717, 1.165) is 27.9 Å². The van der Waals surface area contributed by atoms with Crippen molar-refractivity contribution in [2.24, 2.45) is 5.92 Å². The predicted molar refractivity (Wildman–Crippen MR) is 97.3 cm³/mol. The molecule has 1 saturated heterocycles. The number of nitrogens with one attached hydrogen (secondary N) is 2. The van der Waals surface area contributed by atoms with E-state index in [4.69, 9.17) is 5.73 Å². The second kappa shape index (κ2) is 6.57. The topological polar surface area (TPSA) is 84.2 Å². The maximum atomic E-state index is 12.0. The van der Waals surface area contributed by atoms with Gasteiger partial charge in [-0.05, 0) is 36.6 Å². The quantitative estimate of drug-likeness (QED) is 0.391. The van der Waals surface area contributed by atoms with E-state index in [2.05, 4.69) is 23.3 Å². The number of anilines is 1. The molecule has 0 aromatic heterocycles. The number of hydrogen-bond acceptors (Lipinski definition) is 4. The Kier molecular flexibility index (Phi) is 4.49. The number of benzene rings is 2. The minimum absolute atomic E-state index is 0.300. The Hall–Kier alpha value is -2.47. The number of hydrogen-bond donors (Lipinski definition) is 4. The largest absolute Gasteiger partial charge is 0.398 e. The Bertz CT molecular complexity index is 771. The van der Waals surface area contributed by atoms with Crippen LogP contribution in [0.4, 0.5) is 5.69 Å². The van der Waals surface area contributed by atoms with Crippen LogP contribution in [-0.2, 0) is 16.0 Å². The van der Waals surface area contributed by atoms with Crippen molar-refractivity contribution >= 4 is 30.1 Å².